The smallest absolute Gasteiger partial charge is 0.221 e. The molecule has 1 aliphatic rings. The van der Waals surface area contributed by atoms with Gasteiger partial charge in [-0.1, -0.05) is 37.5 Å². The van der Waals surface area contributed by atoms with E-state index < -0.39 is 0 Å². The highest BCUT2D eigenvalue weighted by Gasteiger charge is 2.24. The van der Waals surface area contributed by atoms with Crippen molar-refractivity contribution in [2.45, 2.75) is 50.5 Å². The molecule has 0 spiro atoms. The third-order valence-electron chi connectivity index (χ3n) is 5.61. The van der Waals surface area contributed by atoms with Crippen LogP contribution in [0.4, 0.5) is 0 Å². The monoisotopic (exact) mass is 366 g/mol. The fourth-order valence-electron chi connectivity index (χ4n) is 4.25. The zero-order valence-corrected chi connectivity index (χ0v) is 16.1. The van der Waals surface area contributed by atoms with E-state index >= 15 is 0 Å². The Kier molecular flexibility index (Phi) is 5.11. The van der Waals surface area contributed by atoms with E-state index in [1.54, 1.807) is 11.3 Å². The maximum Gasteiger partial charge on any atom is 0.221 e. The molecule has 1 unspecified atom stereocenters. The number of hydrogen-bond donors (Lipinski definition) is 1. The van der Waals surface area contributed by atoms with Gasteiger partial charge in [0.1, 0.15) is 0 Å². The van der Waals surface area contributed by atoms with E-state index in [1.165, 1.54) is 41.3 Å². The number of hydrogen-bond acceptors (Lipinski definition) is 2. The largest absolute Gasteiger partial charge is 0.353 e. The van der Waals surface area contributed by atoms with Gasteiger partial charge in [-0.2, -0.15) is 11.3 Å². The van der Waals surface area contributed by atoms with Crippen LogP contribution in [0.2, 0.25) is 0 Å². The molecule has 4 rings (SSSR count). The van der Waals surface area contributed by atoms with Crippen LogP contribution >= 0.6 is 11.3 Å². The van der Waals surface area contributed by atoms with Crippen LogP contribution in [-0.2, 0) is 11.8 Å². The summed E-state index contributed by atoms with van der Waals surface area (Å²) >= 11 is 1.70. The first-order chi connectivity index (χ1) is 12.7. The SMILES string of the molecule is Cn1cc(C(CC(=O)NC2CCCCC2)c2ccsc2)c2ccccc21. The minimum atomic E-state index is 0.107. The molecular weight excluding hydrogens is 340 g/mol. The first kappa shape index (κ1) is 17.3. The number of para-hydroxylation sites is 1. The summed E-state index contributed by atoms with van der Waals surface area (Å²) in [5.41, 5.74) is 3.71. The van der Waals surface area contributed by atoms with Crippen molar-refractivity contribution in [3.8, 4) is 0 Å². The topological polar surface area (TPSA) is 34.0 Å². The third kappa shape index (κ3) is 3.56. The Morgan fingerprint density at radius 1 is 1.23 bits per heavy atom. The highest BCUT2D eigenvalue weighted by atomic mass is 32.1. The van der Waals surface area contributed by atoms with Gasteiger partial charge in [-0.25, -0.2) is 0 Å². The minimum Gasteiger partial charge on any atom is -0.353 e. The standard InChI is InChI=1S/C22H26N2OS/c1-24-14-20(18-9-5-6-10-21(18)24)19(16-11-12-26-15-16)13-22(25)23-17-7-3-2-4-8-17/h5-6,9-12,14-15,17,19H,2-4,7-8,13H2,1H3,(H,23,25). The van der Waals surface area contributed by atoms with Crippen LogP contribution in [0.1, 0.15) is 55.6 Å². The van der Waals surface area contributed by atoms with Crippen LogP contribution in [0.5, 0.6) is 0 Å². The van der Waals surface area contributed by atoms with Crippen LogP contribution in [0.15, 0.2) is 47.3 Å². The number of benzene rings is 1. The first-order valence-corrected chi connectivity index (χ1v) is 10.5. The average molecular weight is 367 g/mol. The second-order valence-corrected chi connectivity index (χ2v) is 8.21. The number of aryl methyl sites for hydroxylation is 1. The predicted molar refractivity (Wildman–Crippen MR) is 109 cm³/mol. The maximum absolute atomic E-state index is 12.8. The second kappa shape index (κ2) is 7.67. The molecule has 0 aliphatic heterocycles. The van der Waals surface area contributed by atoms with Gasteiger partial charge in [-0.05, 0) is 46.9 Å². The van der Waals surface area contributed by atoms with Crippen LogP contribution < -0.4 is 5.32 Å². The molecule has 1 amide bonds. The van der Waals surface area contributed by atoms with Gasteiger partial charge in [-0.3, -0.25) is 4.79 Å². The number of amides is 1. The Labute approximate surface area is 159 Å². The molecule has 0 bridgehead atoms. The van der Waals surface area contributed by atoms with Gasteiger partial charge in [0.25, 0.3) is 0 Å². The molecule has 1 fully saturated rings. The Hall–Kier alpha value is -2.07. The van der Waals surface area contributed by atoms with Crippen molar-refractivity contribution in [1.29, 1.82) is 0 Å². The van der Waals surface area contributed by atoms with E-state index in [4.69, 9.17) is 0 Å². The second-order valence-electron chi connectivity index (χ2n) is 7.43. The molecular formula is C22H26N2OS. The van der Waals surface area contributed by atoms with Gasteiger partial charge in [-0.15, -0.1) is 0 Å². The van der Waals surface area contributed by atoms with Crippen LogP contribution in [0, 0.1) is 0 Å². The number of aromatic nitrogens is 1. The summed E-state index contributed by atoms with van der Waals surface area (Å²) in [7, 11) is 2.08. The summed E-state index contributed by atoms with van der Waals surface area (Å²) in [4.78, 5) is 12.8. The Morgan fingerprint density at radius 3 is 2.81 bits per heavy atom. The zero-order valence-electron chi connectivity index (χ0n) is 15.3. The molecule has 0 radical (unpaired) electrons. The molecule has 2 aromatic heterocycles. The highest BCUT2D eigenvalue weighted by molar-refractivity contribution is 7.08. The van der Waals surface area contributed by atoms with Gasteiger partial charge in [0.15, 0.2) is 0 Å². The summed E-state index contributed by atoms with van der Waals surface area (Å²) in [5.74, 6) is 0.289. The van der Waals surface area contributed by atoms with Crippen molar-refractivity contribution in [2.75, 3.05) is 0 Å². The molecule has 1 saturated carbocycles. The number of rotatable bonds is 5. The molecule has 3 aromatic rings. The molecule has 4 heteroatoms. The van der Waals surface area contributed by atoms with Crippen molar-refractivity contribution in [3.63, 3.8) is 0 Å². The predicted octanol–water partition coefficient (Wildman–Crippen LogP) is 5.21. The van der Waals surface area contributed by atoms with Gasteiger partial charge in [0.2, 0.25) is 5.91 Å². The fourth-order valence-corrected chi connectivity index (χ4v) is 4.96. The Bertz CT molecular complexity index is 875. The fraction of sp³-hybridized carbons (Fsp3) is 0.409. The average Bonchev–Trinajstić information content (AvgIpc) is 3.30. The number of thiophene rings is 1. The number of carbonyl (C=O) groups is 1. The van der Waals surface area contributed by atoms with Gasteiger partial charge < -0.3 is 9.88 Å². The van der Waals surface area contributed by atoms with Gasteiger partial charge in [0.05, 0.1) is 0 Å². The number of nitrogens with one attached hydrogen (secondary N) is 1. The lowest BCUT2D eigenvalue weighted by Gasteiger charge is -2.24. The zero-order chi connectivity index (χ0) is 17.9. The maximum atomic E-state index is 12.8. The quantitative estimate of drug-likeness (QED) is 0.661. The third-order valence-corrected chi connectivity index (χ3v) is 6.31. The first-order valence-electron chi connectivity index (χ1n) is 9.58. The van der Waals surface area contributed by atoms with E-state index in [9.17, 15) is 4.79 Å². The summed E-state index contributed by atoms with van der Waals surface area (Å²) in [5, 5.41) is 8.83. The van der Waals surface area contributed by atoms with E-state index in [0.29, 0.717) is 12.5 Å². The van der Waals surface area contributed by atoms with E-state index in [2.05, 4.69) is 64.2 Å². The summed E-state index contributed by atoms with van der Waals surface area (Å²) in [6, 6.07) is 11.0. The van der Waals surface area contributed by atoms with Crippen molar-refractivity contribution in [3.05, 3.63) is 58.4 Å². The molecule has 1 aromatic carbocycles. The number of fused-ring (bicyclic) bond motifs is 1. The molecule has 0 saturated heterocycles. The molecule has 26 heavy (non-hydrogen) atoms. The molecule has 1 N–H and O–H groups in total. The van der Waals surface area contributed by atoms with Crippen molar-refractivity contribution in [1.82, 2.24) is 9.88 Å². The van der Waals surface area contributed by atoms with Crippen LogP contribution in [-0.4, -0.2) is 16.5 Å². The molecule has 2 heterocycles. The van der Waals surface area contributed by atoms with Gasteiger partial charge >= 0.3 is 0 Å². The van der Waals surface area contributed by atoms with E-state index in [-0.39, 0.29) is 11.8 Å². The molecule has 1 aliphatic carbocycles. The summed E-state index contributed by atoms with van der Waals surface area (Å²) in [6.45, 7) is 0. The summed E-state index contributed by atoms with van der Waals surface area (Å²) < 4.78 is 2.17. The lowest BCUT2D eigenvalue weighted by molar-refractivity contribution is -0.122. The van der Waals surface area contributed by atoms with Crippen LogP contribution in [0.25, 0.3) is 10.9 Å². The van der Waals surface area contributed by atoms with E-state index in [1.807, 2.05) is 0 Å². The lowest BCUT2D eigenvalue weighted by atomic mass is 9.89. The van der Waals surface area contributed by atoms with E-state index in [0.717, 1.165) is 12.8 Å². The van der Waals surface area contributed by atoms with Crippen molar-refractivity contribution in [2.24, 2.45) is 7.05 Å². The van der Waals surface area contributed by atoms with Crippen molar-refractivity contribution >= 4 is 28.1 Å². The van der Waals surface area contributed by atoms with Crippen molar-refractivity contribution < 1.29 is 4.79 Å². The Balaban J connectivity index is 1.61. The minimum absolute atomic E-state index is 0.107. The molecule has 136 valence electrons. The highest BCUT2D eigenvalue weighted by Crippen LogP contribution is 2.35. The Morgan fingerprint density at radius 2 is 2.04 bits per heavy atom. The molecule has 3 nitrogen and oxygen atoms in total. The number of nitrogens with zero attached hydrogens (tertiary/aromatic N) is 1. The normalized spacial score (nSPS) is 16.7. The lowest BCUT2D eigenvalue weighted by Crippen LogP contribution is -2.36. The summed E-state index contributed by atoms with van der Waals surface area (Å²) in [6.07, 6.45) is 8.75. The van der Waals surface area contributed by atoms with Crippen LogP contribution in [0.3, 0.4) is 0 Å². The van der Waals surface area contributed by atoms with Gasteiger partial charge in [0, 0.05) is 42.5 Å². The number of carbonyl (C=O) groups excluding carboxylic acids is 1. The molecule has 1 atom stereocenters.